The molecule has 4 rings (SSSR count). The van der Waals surface area contributed by atoms with Crippen molar-refractivity contribution in [2.24, 2.45) is 0 Å². The van der Waals surface area contributed by atoms with Gasteiger partial charge in [-0.3, -0.25) is 9.69 Å². The van der Waals surface area contributed by atoms with Crippen molar-refractivity contribution in [1.82, 2.24) is 4.98 Å². The number of nitrogens with zero attached hydrogens (tertiary/aromatic N) is 2. The molecule has 4 aromatic rings. The predicted octanol–water partition coefficient (Wildman–Crippen LogP) is 6.26. The van der Waals surface area contributed by atoms with E-state index < -0.39 is 0 Å². The van der Waals surface area contributed by atoms with Gasteiger partial charge in [-0.25, -0.2) is 4.98 Å². The molecule has 1 aromatic heterocycles. The van der Waals surface area contributed by atoms with Crippen molar-refractivity contribution in [2.45, 2.75) is 18.4 Å². The second-order valence-corrected chi connectivity index (χ2v) is 8.47. The molecule has 0 N–H and O–H groups in total. The van der Waals surface area contributed by atoms with Crippen LogP contribution >= 0.6 is 23.1 Å². The summed E-state index contributed by atoms with van der Waals surface area (Å²) in [6.45, 7) is 2.97. The van der Waals surface area contributed by atoms with E-state index in [1.165, 1.54) is 11.3 Å². The van der Waals surface area contributed by atoms with E-state index in [1.54, 1.807) is 16.7 Å². The monoisotopic (exact) mass is 434 g/mol. The number of ether oxygens (including phenoxy) is 1. The number of benzene rings is 3. The highest BCUT2D eigenvalue weighted by Crippen LogP contribution is 2.36. The second kappa shape index (κ2) is 9.32. The zero-order valence-corrected chi connectivity index (χ0v) is 18.5. The fourth-order valence-electron chi connectivity index (χ4n) is 3.26. The summed E-state index contributed by atoms with van der Waals surface area (Å²) in [5, 5.41) is 0.668. The molecule has 6 heteroatoms. The number of thioether (sulfide) groups is 1. The SMILES string of the molecule is CCOc1cccc2sc(N(Cc3ccccc3)C(=O)c3ccccc3SC)nc12. The van der Waals surface area contributed by atoms with Crippen LogP contribution < -0.4 is 9.64 Å². The first kappa shape index (κ1) is 20.4. The maximum absolute atomic E-state index is 13.7. The molecule has 0 spiro atoms. The molecule has 0 bridgehead atoms. The first-order valence-corrected chi connectivity index (χ1v) is 11.8. The molecule has 0 saturated carbocycles. The topological polar surface area (TPSA) is 42.4 Å². The average Bonchev–Trinajstić information content (AvgIpc) is 3.23. The second-order valence-electron chi connectivity index (χ2n) is 6.61. The lowest BCUT2D eigenvalue weighted by atomic mass is 10.1. The Morgan fingerprint density at radius 1 is 1.03 bits per heavy atom. The summed E-state index contributed by atoms with van der Waals surface area (Å²) < 4.78 is 6.75. The minimum absolute atomic E-state index is 0.0548. The fraction of sp³-hybridized carbons (Fsp3) is 0.167. The van der Waals surface area contributed by atoms with Crippen LogP contribution in [0.15, 0.2) is 77.7 Å². The van der Waals surface area contributed by atoms with E-state index in [4.69, 9.17) is 9.72 Å². The number of thiazole rings is 1. The van der Waals surface area contributed by atoms with Crippen LogP contribution in [0.4, 0.5) is 5.13 Å². The summed E-state index contributed by atoms with van der Waals surface area (Å²) in [6.07, 6.45) is 1.99. The Morgan fingerprint density at radius 3 is 2.57 bits per heavy atom. The van der Waals surface area contributed by atoms with Crippen molar-refractivity contribution in [1.29, 1.82) is 0 Å². The number of fused-ring (bicyclic) bond motifs is 1. The van der Waals surface area contributed by atoms with Crippen molar-refractivity contribution in [3.05, 3.63) is 83.9 Å². The van der Waals surface area contributed by atoms with Gasteiger partial charge >= 0.3 is 0 Å². The van der Waals surface area contributed by atoms with Gasteiger partial charge < -0.3 is 4.74 Å². The van der Waals surface area contributed by atoms with Gasteiger partial charge in [0, 0.05) is 4.90 Å². The quantitative estimate of drug-likeness (QED) is 0.322. The minimum atomic E-state index is -0.0548. The van der Waals surface area contributed by atoms with Crippen LogP contribution in [0.25, 0.3) is 10.2 Å². The zero-order chi connectivity index (χ0) is 20.9. The number of carbonyl (C=O) groups excluding carboxylic acids is 1. The molecule has 1 amide bonds. The molecule has 0 saturated heterocycles. The number of hydrogen-bond donors (Lipinski definition) is 0. The van der Waals surface area contributed by atoms with Crippen molar-refractivity contribution in [2.75, 3.05) is 17.8 Å². The van der Waals surface area contributed by atoms with Crippen LogP contribution in [0.5, 0.6) is 5.75 Å². The Morgan fingerprint density at radius 2 is 1.80 bits per heavy atom. The van der Waals surface area contributed by atoms with Gasteiger partial charge in [0.1, 0.15) is 11.3 Å². The van der Waals surface area contributed by atoms with E-state index in [9.17, 15) is 4.79 Å². The number of amides is 1. The Balaban J connectivity index is 1.80. The Kier molecular flexibility index (Phi) is 6.35. The summed E-state index contributed by atoms with van der Waals surface area (Å²) in [6, 6.07) is 23.6. The molecule has 0 aliphatic heterocycles. The molecular formula is C24H22N2O2S2. The van der Waals surface area contributed by atoms with Crippen LogP contribution in [-0.2, 0) is 6.54 Å². The third-order valence-electron chi connectivity index (χ3n) is 4.67. The van der Waals surface area contributed by atoms with E-state index in [0.29, 0.717) is 23.8 Å². The Hall–Kier alpha value is -2.83. The van der Waals surface area contributed by atoms with E-state index in [0.717, 1.165) is 26.4 Å². The van der Waals surface area contributed by atoms with Crippen molar-refractivity contribution in [3.8, 4) is 5.75 Å². The van der Waals surface area contributed by atoms with E-state index in [2.05, 4.69) is 0 Å². The summed E-state index contributed by atoms with van der Waals surface area (Å²) in [5.41, 5.74) is 2.53. The molecule has 1 heterocycles. The molecule has 152 valence electrons. The Labute approximate surface area is 184 Å². The lowest BCUT2D eigenvalue weighted by Crippen LogP contribution is -2.30. The summed E-state index contributed by atoms with van der Waals surface area (Å²) in [7, 11) is 0. The third kappa shape index (κ3) is 4.20. The van der Waals surface area contributed by atoms with Gasteiger partial charge in [-0.05, 0) is 43.0 Å². The largest absolute Gasteiger partial charge is 0.492 e. The Bertz CT molecular complexity index is 1160. The van der Waals surface area contributed by atoms with E-state index in [-0.39, 0.29) is 5.91 Å². The smallest absolute Gasteiger partial charge is 0.261 e. The van der Waals surface area contributed by atoms with Gasteiger partial charge in [-0.2, -0.15) is 0 Å². The van der Waals surface area contributed by atoms with Crippen LogP contribution in [0.3, 0.4) is 0 Å². The van der Waals surface area contributed by atoms with E-state index >= 15 is 0 Å². The summed E-state index contributed by atoms with van der Waals surface area (Å²) >= 11 is 3.08. The van der Waals surface area contributed by atoms with Crippen LogP contribution in [0, 0.1) is 0 Å². The van der Waals surface area contributed by atoms with Crippen LogP contribution in [-0.4, -0.2) is 23.8 Å². The first-order chi connectivity index (χ1) is 14.7. The molecule has 0 atom stereocenters. The highest BCUT2D eigenvalue weighted by molar-refractivity contribution is 7.98. The lowest BCUT2D eigenvalue weighted by molar-refractivity contribution is 0.0982. The predicted molar refractivity (Wildman–Crippen MR) is 126 cm³/mol. The lowest BCUT2D eigenvalue weighted by Gasteiger charge is -2.21. The molecule has 30 heavy (non-hydrogen) atoms. The van der Waals surface area contributed by atoms with E-state index in [1.807, 2.05) is 86.0 Å². The molecule has 0 aliphatic carbocycles. The van der Waals surface area contributed by atoms with Gasteiger partial charge in [0.15, 0.2) is 5.13 Å². The van der Waals surface area contributed by atoms with Crippen molar-refractivity contribution in [3.63, 3.8) is 0 Å². The number of carbonyl (C=O) groups is 1. The molecular weight excluding hydrogens is 412 g/mol. The highest BCUT2D eigenvalue weighted by Gasteiger charge is 2.24. The van der Waals surface area contributed by atoms with Crippen LogP contribution in [0.2, 0.25) is 0 Å². The molecule has 3 aromatic carbocycles. The molecule has 0 fully saturated rings. The number of aromatic nitrogens is 1. The first-order valence-electron chi connectivity index (χ1n) is 9.72. The molecule has 0 radical (unpaired) electrons. The molecule has 0 unspecified atom stereocenters. The average molecular weight is 435 g/mol. The maximum atomic E-state index is 13.7. The highest BCUT2D eigenvalue weighted by atomic mass is 32.2. The number of anilines is 1. The van der Waals surface area contributed by atoms with Crippen molar-refractivity contribution < 1.29 is 9.53 Å². The zero-order valence-electron chi connectivity index (χ0n) is 16.9. The third-order valence-corrected chi connectivity index (χ3v) is 6.51. The number of hydrogen-bond acceptors (Lipinski definition) is 5. The summed E-state index contributed by atoms with van der Waals surface area (Å²) in [5.74, 6) is 0.690. The van der Waals surface area contributed by atoms with Gasteiger partial charge in [0.05, 0.1) is 23.4 Å². The number of para-hydroxylation sites is 1. The number of rotatable bonds is 7. The van der Waals surface area contributed by atoms with Gasteiger partial charge in [0.2, 0.25) is 0 Å². The molecule has 4 nitrogen and oxygen atoms in total. The normalized spacial score (nSPS) is 10.9. The molecule has 0 aliphatic rings. The van der Waals surface area contributed by atoms with Gasteiger partial charge in [-0.15, -0.1) is 11.8 Å². The van der Waals surface area contributed by atoms with Gasteiger partial charge in [-0.1, -0.05) is 59.9 Å². The maximum Gasteiger partial charge on any atom is 0.261 e. The fourth-order valence-corrected chi connectivity index (χ4v) is 4.83. The van der Waals surface area contributed by atoms with Gasteiger partial charge in [0.25, 0.3) is 5.91 Å². The van der Waals surface area contributed by atoms with Crippen molar-refractivity contribution >= 4 is 44.4 Å². The van der Waals surface area contributed by atoms with Crippen LogP contribution in [0.1, 0.15) is 22.8 Å². The summed E-state index contributed by atoms with van der Waals surface area (Å²) in [4.78, 5) is 21.2. The minimum Gasteiger partial charge on any atom is -0.492 e. The standard InChI is InChI=1S/C24H22N2O2S2/c1-3-28-19-13-9-15-21-22(19)25-24(30-21)26(16-17-10-5-4-6-11-17)23(27)18-12-7-8-14-20(18)29-2/h4-15H,3,16H2,1-2H3.